The Bertz CT molecular complexity index is 944. The van der Waals surface area contributed by atoms with Gasteiger partial charge in [0.25, 0.3) is 0 Å². The molecule has 6 nitrogen and oxygen atoms in total. The molecule has 0 bridgehead atoms. The molecule has 0 fully saturated rings. The van der Waals surface area contributed by atoms with E-state index < -0.39 is 15.7 Å². The monoisotopic (exact) mass is 377 g/mol. The Balaban J connectivity index is 1.74. The van der Waals surface area contributed by atoms with Crippen molar-refractivity contribution in [1.82, 2.24) is 5.32 Å². The van der Waals surface area contributed by atoms with E-state index in [0.717, 1.165) is 30.1 Å². The van der Waals surface area contributed by atoms with Crippen LogP contribution in [0.2, 0.25) is 0 Å². The quantitative estimate of drug-likeness (QED) is 0.484. The van der Waals surface area contributed by atoms with Crippen LogP contribution in [0.15, 0.2) is 52.4 Å². The Labute approximate surface area is 151 Å². The number of sulfone groups is 1. The summed E-state index contributed by atoms with van der Waals surface area (Å²) in [7, 11) is -3.41. The van der Waals surface area contributed by atoms with Gasteiger partial charge in [-0.2, -0.15) is 0 Å². The molecule has 1 unspecified atom stereocenters. The number of guanidine groups is 1. The molecule has 1 heterocycles. The summed E-state index contributed by atoms with van der Waals surface area (Å²) in [6.07, 6.45) is 1.80. The zero-order valence-electron chi connectivity index (χ0n) is 14.3. The molecule has 2 aromatic carbocycles. The van der Waals surface area contributed by atoms with Crippen molar-refractivity contribution in [2.45, 2.75) is 23.9 Å². The molecule has 0 amide bonds. The summed E-state index contributed by atoms with van der Waals surface area (Å²) < 4.78 is 42.7. The predicted octanol–water partition coefficient (Wildman–Crippen LogP) is 2.16. The van der Waals surface area contributed by atoms with Gasteiger partial charge in [-0.05, 0) is 24.3 Å². The summed E-state index contributed by atoms with van der Waals surface area (Å²) in [6.45, 7) is 0.506. The van der Waals surface area contributed by atoms with E-state index in [1.807, 2.05) is 24.3 Å². The van der Waals surface area contributed by atoms with Crippen LogP contribution in [0.5, 0.6) is 5.75 Å². The van der Waals surface area contributed by atoms with Crippen LogP contribution >= 0.6 is 0 Å². The standard InChI is InChI=1S/C18H20FN3O3S/c1-26(23,24)13-6-7-15(19)12(10-13)11-21-18(20)22-16-8-9-25-17-5-3-2-4-14(16)17/h2-7,10,16H,8-9,11H2,1H3,(H3,20,21,22). The number of benzene rings is 2. The van der Waals surface area contributed by atoms with Crippen LogP contribution in [0.25, 0.3) is 0 Å². The van der Waals surface area contributed by atoms with Gasteiger partial charge in [-0.3, -0.25) is 0 Å². The fourth-order valence-electron chi connectivity index (χ4n) is 2.79. The zero-order chi connectivity index (χ0) is 18.7. The van der Waals surface area contributed by atoms with Crippen LogP contribution in [-0.4, -0.2) is 27.2 Å². The minimum atomic E-state index is -3.41. The van der Waals surface area contributed by atoms with Crippen molar-refractivity contribution in [1.29, 1.82) is 0 Å². The van der Waals surface area contributed by atoms with Gasteiger partial charge >= 0.3 is 0 Å². The molecule has 0 spiro atoms. The van der Waals surface area contributed by atoms with E-state index in [-0.39, 0.29) is 29.0 Å². The molecule has 26 heavy (non-hydrogen) atoms. The largest absolute Gasteiger partial charge is 0.493 e. The predicted molar refractivity (Wildman–Crippen MR) is 97.3 cm³/mol. The molecule has 0 aromatic heterocycles. The fourth-order valence-corrected chi connectivity index (χ4v) is 3.46. The maximum atomic E-state index is 13.9. The number of rotatable bonds is 4. The average molecular weight is 377 g/mol. The van der Waals surface area contributed by atoms with Crippen LogP contribution in [0.3, 0.4) is 0 Å². The summed E-state index contributed by atoms with van der Waals surface area (Å²) >= 11 is 0. The molecule has 1 aliphatic heterocycles. The second-order valence-electron chi connectivity index (χ2n) is 6.10. The van der Waals surface area contributed by atoms with Crippen molar-refractivity contribution in [3.8, 4) is 5.75 Å². The Morgan fingerprint density at radius 2 is 2.12 bits per heavy atom. The number of halogens is 1. The number of hydrogen-bond donors (Lipinski definition) is 2. The second kappa shape index (κ2) is 7.33. The topological polar surface area (TPSA) is 93.8 Å². The third-order valence-electron chi connectivity index (χ3n) is 4.15. The highest BCUT2D eigenvalue weighted by Gasteiger charge is 2.21. The first-order chi connectivity index (χ1) is 12.3. The van der Waals surface area contributed by atoms with Gasteiger partial charge < -0.3 is 15.8 Å². The fraction of sp³-hybridized carbons (Fsp3) is 0.278. The van der Waals surface area contributed by atoms with Gasteiger partial charge in [-0.1, -0.05) is 18.2 Å². The molecular weight excluding hydrogens is 357 g/mol. The van der Waals surface area contributed by atoms with Crippen LogP contribution in [0, 0.1) is 5.82 Å². The molecule has 0 radical (unpaired) electrons. The molecule has 2 aromatic rings. The van der Waals surface area contributed by atoms with E-state index in [9.17, 15) is 12.8 Å². The third kappa shape index (κ3) is 4.13. The Hall–Kier alpha value is -2.61. The van der Waals surface area contributed by atoms with Crippen LogP contribution in [0.4, 0.5) is 4.39 Å². The summed E-state index contributed by atoms with van der Waals surface area (Å²) in [4.78, 5) is 4.20. The maximum absolute atomic E-state index is 13.9. The molecule has 0 aliphatic carbocycles. The van der Waals surface area contributed by atoms with Crippen LogP contribution < -0.4 is 15.8 Å². The SMILES string of the molecule is CS(=O)(=O)c1ccc(F)c(CN=C(N)NC2CCOc3ccccc32)c1. The molecule has 1 atom stereocenters. The number of fused-ring (bicyclic) bond motifs is 1. The number of nitrogens with zero attached hydrogens (tertiary/aromatic N) is 1. The molecule has 1 aliphatic rings. The van der Waals surface area contributed by atoms with Crippen molar-refractivity contribution in [2.75, 3.05) is 12.9 Å². The first-order valence-electron chi connectivity index (χ1n) is 8.11. The van der Waals surface area contributed by atoms with Crippen LogP contribution in [-0.2, 0) is 16.4 Å². The number of nitrogens with one attached hydrogen (secondary N) is 1. The van der Waals surface area contributed by atoms with Gasteiger partial charge in [-0.25, -0.2) is 17.8 Å². The van der Waals surface area contributed by atoms with Gasteiger partial charge in [0.1, 0.15) is 11.6 Å². The van der Waals surface area contributed by atoms with E-state index >= 15 is 0 Å². The third-order valence-corrected chi connectivity index (χ3v) is 5.26. The number of nitrogens with two attached hydrogens (primary N) is 1. The summed E-state index contributed by atoms with van der Waals surface area (Å²) in [6, 6.07) is 11.3. The highest BCUT2D eigenvalue weighted by Crippen LogP contribution is 2.31. The molecule has 8 heteroatoms. The van der Waals surface area contributed by atoms with Gasteiger partial charge in [0.15, 0.2) is 15.8 Å². The van der Waals surface area contributed by atoms with Crippen molar-refractivity contribution >= 4 is 15.8 Å². The van der Waals surface area contributed by atoms with E-state index in [1.165, 1.54) is 12.1 Å². The molecule has 3 N–H and O–H groups in total. The van der Waals surface area contributed by atoms with Crippen LogP contribution in [0.1, 0.15) is 23.6 Å². The van der Waals surface area contributed by atoms with Gasteiger partial charge in [-0.15, -0.1) is 0 Å². The highest BCUT2D eigenvalue weighted by molar-refractivity contribution is 7.90. The summed E-state index contributed by atoms with van der Waals surface area (Å²) in [5, 5.41) is 3.12. The lowest BCUT2D eigenvalue weighted by Gasteiger charge is -2.26. The van der Waals surface area contributed by atoms with Crippen molar-refractivity contribution < 1.29 is 17.5 Å². The minimum absolute atomic E-state index is 0.0455. The molecular formula is C18H20FN3O3S. The van der Waals surface area contributed by atoms with E-state index in [1.54, 1.807) is 0 Å². The second-order valence-corrected chi connectivity index (χ2v) is 8.11. The normalized spacial score (nSPS) is 17.3. The average Bonchev–Trinajstić information content (AvgIpc) is 2.60. The highest BCUT2D eigenvalue weighted by atomic mass is 32.2. The first-order valence-corrected chi connectivity index (χ1v) is 10.0. The molecule has 0 saturated heterocycles. The minimum Gasteiger partial charge on any atom is -0.493 e. The van der Waals surface area contributed by atoms with Gasteiger partial charge in [0.05, 0.1) is 24.1 Å². The number of aliphatic imine (C=N–C) groups is 1. The zero-order valence-corrected chi connectivity index (χ0v) is 15.1. The van der Waals surface area contributed by atoms with E-state index in [4.69, 9.17) is 10.5 Å². The number of para-hydroxylation sites is 1. The molecule has 3 rings (SSSR count). The first kappa shape index (κ1) is 18.2. The van der Waals surface area contributed by atoms with Gasteiger partial charge in [0.2, 0.25) is 0 Å². The Kier molecular flexibility index (Phi) is 5.13. The summed E-state index contributed by atoms with van der Waals surface area (Å²) in [5.41, 5.74) is 7.10. The molecule has 138 valence electrons. The molecule has 0 saturated carbocycles. The lowest BCUT2D eigenvalue weighted by atomic mass is 10.0. The Morgan fingerprint density at radius 1 is 1.35 bits per heavy atom. The van der Waals surface area contributed by atoms with Crippen molar-refractivity contribution in [3.05, 3.63) is 59.4 Å². The van der Waals surface area contributed by atoms with Crippen molar-refractivity contribution in [3.63, 3.8) is 0 Å². The van der Waals surface area contributed by atoms with E-state index in [2.05, 4.69) is 10.3 Å². The smallest absolute Gasteiger partial charge is 0.189 e. The van der Waals surface area contributed by atoms with E-state index in [0.29, 0.717) is 6.61 Å². The maximum Gasteiger partial charge on any atom is 0.189 e. The van der Waals surface area contributed by atoms with Crippen molar-refractivity contribution in [2.24, 2.45) is 10.7 Å². The number of ether oxygens (including phenoxy) is 1. The lowest BCUT2D eigenvalue weighted by Crippen LogP contribution is -2.37. The summed E-state index contributed by atoms with van der Waals surface area (Å²) in [5.74, 6) is 0.442. The lowest BCUT2D eigenvalue weighted by molar-refractivity contribution is 0.262. The van der Waals surface area contributed by atoms with Gasteiger partial charge in [0, 0.05) is 23.8 Å². The Morgan fingerprint density at radius 3 is 2.88 bits per heavy atom. The number of hydrogen-bond acceptors (Lipinski definition) is 4.